The first-order valence-corrected chi connectivity index (χ1v) is 3.69. The first kappa shape index (κ1) is 9.88. The van der Waals surface area contributed by atoms with Crippen LogP contribution in [-0.2, 0) is 9.47 Å². The largest absolute Gasteiger partial charge is 0.394 e. The third-order valence-corrected chi connectivity index (χ3v) is 1.08. The number of aliphatic hydroxyl groups is 1. The van der Waals surface area contributed by atoms with Crippen molar-refractivity contribution in [1.29, 1.82) is 0 Å². The molecule has 0 saturated heterocycles. The maximum absolute atomic E-state index is 8.40. The van der Waals surface area contributed by atoms with Gasteiger partial charge in [-0.05, 0) is 13.3 Å². The lowest BCUT2D eigenvalue weighted by atomic mass is 10.5. The Morgan fingerprint density at radius 1 is 1.30 bits per heavy atom. The van der Waals surface area contributed by atoms with E-state index < -0.39 is 0 Å². The van der Waals surface area contributed by atoms with Gasteiger partial charge in [0, 0.05) is 6.61 Å². The van der Waals surface area contributed by atoms with Crippen molar-refractivity contribution < 1.29 is 14.6 Å². The first-order valence-electron chi connectivity index (χ1n) is 3.69. The van der Waals surface area contributed by atoms with Gasteiger partial charge >= 0.3 is 0 Å². The molecule has 1 N–H and O–H groups in total. The monoisotopic (exact) mass is 148 g/mol. The minimum Gasteiger partial charge on any atom is -0.394 e. The van der Waals surface area contributed by atoms with Crippen LogP contribution in [0.2, 0.25) is 0 Å². The van der Waals surface area contributed by atoms with E-state index in [0.29, 0.717) is 13.2 Å². The van der Waals surface area contributed by atoms with Crippen molar-refractivity contribution in [2.45, 2.75) is 26.6 Å². The van der Waals surface area contributed by atoms with Crippen molar-refractivity contribution in [1.82, 2.24) is 0 Å². The molecule has 3 nitrogen and oxygen atoms in total. The van der Waals surface area contributed by atoms with E-state index in [2.05, 4.69) is 0 Å². The summed E-state index contributed by atoms with van der Waals surface area (Å²) in [5, 5.41) is 8.40. The van der Waals surface area contributed by atoms with Gasteiger partial charge in [-0.25, -0.2) is 0 Å². The molecular weight excluding hydrogens is 132 g/mol. The van der Waals surface area contributed by atoms with Gasteiger partial charge in [-0.15, -0.1) is 0 Å². The van der Waals surface area contributed by atoms with Crippen LogP contribution in [0, 0.1) is 0 Å². The quantitative estimate of drug-likeness (QED) is 0.565. The summed E-state index contributed by atoms with van der Waals surface area (Å²) in [7, 11) is 0. The smallest absolute Gasteiger partial charge is 0.157 e. The van der Waals surface area contributed by atoms with E-state index in [4.69, 9.17) is 14.6 Å². The van der Waals surface area contributed by atoms with Crippen LogP contribution in [0.25, 0.3) is 0 Å². The zero-order chi connectivity index (χ0) is 7.82. The van der Waals surface area contributed by atoms with E-state index in [0.717, 1.165) is 6.42 Å². The van der Waals surface area contributed by atoms with Crippen LogP contribution in [0.3, 0.4) is 0 Å². The maximum atomic E-state index is 8.40. The normalized spacial score (nSPS) is 13.5. The lowest BCUT2D eigenvalue weighted by Gasteiger charge is -2.14. The van der Waals surface area contributed by atoms with Gasteiger partial charge < -0.3 is 14.6 Å². The summed E-state index contributed by atoms with van der Waals surface area (Å²) in [6.07, 6.45) is 0.686. The third-order valence-electron chi connectivity index (χ3n) is 1.08. The minimum atomic E-state index is -0.142. The lowest BCUT2D eigenvalue weighted by molar-refractivity contribution is -0.145. The summed E-state index contributed by atoms with van der Waals surface area (Å²) >= 11 is 0. The van der Waals surface area contributed by atoms with E-state index in [1.807, 2.05) is 13.8 Å². The van der Waals surface area contributed by atoms with Gasteiger partial charge in [-0.2, -0.15) is 0 Å². The molecule has 1 atom stereocenters. The van der Waals surface area contributed by atoms with Crippen molar-refractivity contribution >= 4 is 0 Å². The van der Waals surface area contributed by atoms with E-state index in [-0.39, 0.29) is 12.9 Å². The molecule has 3 heteroatoms. The molecule has 0 aliphatic heterocycles. The second-order valence-corrected chi connectivity index (χ2v) is 1.89. The summed E-state index contributed by atoms with van der Waals surface area (Å²) in [4.78, 5) is 0. The molecule has 0 bridgehead atoms. The molecule has 0 spiro atoms. The molecule has 0 aromatic rings. The summed E-state index contributed by atoms with van der Waals surface area (Å²) in [5.74, 6) is 0. The van der Waals surface area contributed by atoms with E-state index in [9.17, 15) is 0 Å². The van der Waals surface area contributed by atoms with Crippen LogP contribution in [-0.4, -0.2) is 31.2 Å². The molecule has 1 unspecified atom stereocenters. The Morgan fingerprint density at radius 3 is 2.40 bits per heavy atom. The number of aliphatic hydroxyl groups excluding tert-OH is 1. The maximum Gasteiger partial charge on any atom is 0.157 e. The molecule has 0 radical (unpaired) electrons. The van der Waals surface area contributed by atoms with Crippen LogP contribution in [0.15, 0.2) is 0 Å². The molecular formula is C7H16O3. The zero-order valence-corrected chi connectivity index (χ0v) is 6.67. The second-order valence-electron chi connectivity index (χ2n) is 1.89. The molecule has 0 saturated carbocycles. The predicted octanol–water partition coefficient (Wildman–Crippen LogP) is 0.768. The molecule has 0 aromatic carbocycles. The highest BCUT2D eigenvalue weighted by Crippen LogP contribution is 1.98. The van der Waals surface area contributed by atoms with E-state index >= 15 is 0 Å². The van der Waals surface area contributed by atoms with Crippen LogP contribution < -0.4 is 0 Å². The Hall–Kier alpha value is -0.120. The van der Waals surface area contributed by atoms with Gasteiger partial charge in [-0.3, -0.25) is 0 Å². The van der Waals surface area contributed by atoms with Crippen LogP contribution in [0.1, 0.15) is 20.3 Å². The summed E-state index contributed by atoms with van der Waals surface area (Å²) in [5.41, 5.74) is 0. The molecule has 10 heavy (non-hydrogen) atoms. The van der Waals surface area contributed by atoms with Gasteiger partial charge in [0.2, 0.25) is 0 Å². The Morgan fingerprint density at radius 2 is 2.00 bits per heavy atom. The predicted molar refractivity (Wildman–Crippen MR) is 38.7 cm³/mol. The average Bonchev–Trinajstić information content (AvgIpc) is 1.98. The summed E-state index contributed by atoms with van der Waals surface area (Å²) < 4.78 is 10.3. The zero-order valence-electron chi connectivity index (χ0n) is 6.67. The van der Waals surface area contributed by atoms with Gasteiger partial charge in [0.05, 0.1) is 13.2 Å². The average molecular weight is 148 g/mol. The molecule has 0 fully saturated rings. The highest BCUT2D eigenvalue weighted by atomic mass is 16.7. The van der Waals surface area contributed by atoms with Crippen molar-refractivity contribution in [3.63, 3.8) is 0 Å². The topological polar surface area (TPSA) is 38.7 Å². The fourth-order valence-electron chi connectivity index (χ4n) is 0.654. The third kappa shape index (κ3) is 4.73. The highest BCUT2D eigenvalue weighted by molar-refractivity contribution is 4.38. The van der Waals surface area contributed by atoms with E-state index in [1.54, 1.807) is 0 Å². The van der Waals surface area contributed by atoms with Crippen molar-refractivity contribution in [3.8, 4) is 0 Å². The SMILES string of the molecule is CCOC(CC)OCCO. The van der Waals surface area contributed by atoms with Crippen LogP contribution in [0.4, 0.5) is 0 Å². The fourth-order valence-corrected chi connectivity index (χ4v) is 0.654. The highest BCUT2D eigenvalue weighted by Gasteiger charge is 2.02. The second kappa shape index (κ2) is 6.99. The van der Waals surface area contributed by atoms with Crippen LogP contribution >= 0.6 is 0 Å². The molecule has 0 heterocycles. The van der Waals surface area contributed by atoms with E-state index in [1.165, 1.54) is 0 Å². The first-order chi connectivity index (χ1) is 4.85. The Kier molecular flexibility index (Phi) is 6.91. The van der Waals surface area contributed by atoms with Gasteiger partial charge in [-0.1, -0.05) is 6.92 Å². The number of ether oxygens (including phenoxy) is 2. The molecule has 62 valence electrons. The van der Waals surface area contributed by atoms with Crippen LogP contribution in [0.5, 0.6) is 0 Å². The lowest BCUT2D eigenvalue weighted by Crippen LogP contribution is -2.17. The molecule has 0 aromatic heterocycles. The standard InChI is InChI=1S/C7H16O3/c1-3-7(9-4-2)10-6-5-8/h7-8H,3-6H2,1-2H3. The van der Waals surface area contributed by atoms with Crippen molar-refractivity contribution in [2.75, 3.05) is 19.8 Å². The minimum absolute atomic E-state index is 0.0591. The molecule has 0 aliphatic carbocycles. The Balaban J connectivity index is 3.21. The summed E-state index contributed by atoms with van der Waals surface area (Å²) in [6.45, 7) is 4.98. The van der Waals surface area contributed by atoms with Crippen molar-refractivity contribution in [2.24, 2.45) is 0 Å². The summed E-state index contributed by atoms with van der Waals surface area (Å²) in [6, 6.07) is 0. The number of hydrogen-bond donors (Lipinski definition) is 1. The Bertz CT molecular complexity index is 65.9. The Labute approximate surface area is 62.0 Å². The number of hydrogen-bond acceptors (Lipinski definition) is 3. The molecule has 0 aliphatic rings. The number of rotatable bonds is 6. The fraction of sp³-hybridized carbons (Fsp3) is 1.00. The van der Waals surface area contributed by atoms with Gasteiger partial charge in [0.1, 0.15) is 0 Å². The van der Waals surface area contributed by atoms with Gasteiger partial charge in [0.15, 0.2) is 6.29 Å². The molecule has 0 rings (SSSR count). The van der Waals surface area contributed by atoms with Gasteiger partial charge in [0.25, 0.3) is 0 Å². The molecule has 0 amide bonds. The van der Waals surface area contributed by atoms with Crippen molar-refractivity contribution in [3.05, 3.63) is 0 Å².